The van der Waals surface area contributed by atoms with Gasteiger partial charge in [-0.1, -0.05) is 34.5 Å². The smallest absolute Gasteiger partial charge is 0.275 e. The van der Waals surface area contributed by atoms with Gasteiger partial charge in [0.25, 0.3) is 5.91 Å². The molecule has 21 heavy (non-hydrogen) atoms. The third-order valence-corrected chi connectivity index (χ3v) is 3.81. The molecule has 0 unspecified atom stereocenters. The van der Waals surface area contributed by atoms with Crippen molar-refractivity contribution in [3.8, 4) is 0 Å². The van der Waals surface area contributed by atoms with Crippen molar-refractivity contribution in [1.82, 2.24) is 4.98 Å². The van der Waals surface area contributed by atoms with Gasteiger partial charge in [-0.15, -0.1) is 0 Å². The molecule has 0 atom stereocenters. The second kappa shape index (κ2) is 6.91. The molecule has 0 aliphatic heterocycles. The molecular formula is C15H15BrClN3O. The topological polar surface area (TPSA) is 54.0 Å². The molecule has 1 amide bonds. The average molecular weight is 369 g/mol. The number of halogens is 2. The summed E-state index contributed by atoms with van der Waals surface area (Å²) in [6.45, 7) is 2.03. The monoisotopic (exact) mass is 367 g/mol. The van der Waals surface area contributed by atoms with Gasteiger partial charge in [-0.2, -0.15) is 0 Å². The van der Waals surface area contributed by atoms with Crippen LogP contribution in [0, 0.1) is 0 Å². The normalized spacial score (nSPS) is 10.3. The summed E-state index contributed by atoms with van der Waals surface area (Å²) in [5.74, 6) is 0.269. The van der Waals surface area contributed by atoms with Crippen molar-refractivity contribution in [1.29, 1.82) is 0 Å². The van der Waals surface area contributed by atoms with Gasteiger partial charge >= 0.3 is 0 Å². The Morgan fingerprint density at radius 3 is 2.76 bits per heavy atom. The number of rotatable bonds is 4. The number of pyridine rings is 1. The lowest BCUT2D eigenvalue weighted by Gasteiger charge is -2.11. The Hall–Kier alpha value is -1.59. The first-order chi connectivity index (χ1) is 10.0. The molecular weight excluding hydrogens is 354 g/mol. The van der Waals surface area contributed by atoms with E-state index in [0.29, 0.717) is 10.8 Å². The number of nitrogens with zero attached hydrogens (tertiary/aromatic N) is 1. The molecule has 0 saturated heterocycles. The standard InChI is InChI=1S/C15H15BrClN3O/c1-3-9-8-10(16)4-6-12(9)19-15(21)14-11(17)5-7-13(18-2)20-14/h4-8H,3H2,1-2H3,(H,18,20)(H,19,21). The highest BCUT2D eigenvalue weighted by Crippen LogP contribution is 2.23. The van der Waals surface area contributed by atoms with Gasteiger partial charge in [0.1, 0.15) is 11.5 Å². The first-order valence-corrected chi connectivity index (χ1v) is 7.66. The number of amides is 1. The zero-order chi connectivity index (χ0) is 15.4. The van der Waals surface area contributed by atoms with E-state index in [-0.39, 0.29) is 11.6 Å². The molecule has 2 rings (SSSR count). The Bertz CT molecular complexity index is 676. The van der Waals surface area contributed by atoms with Crippen LogP contribution in [0.4, 0.5) is 11.5 Å². The van der Waals surface area contributed by atoms with E-state index in [2.05, 4.69) is 31.5 Å². The van der Waals surface area contributed by atoms with Crippen molar-refractivity contribution >= 4 is 44.9 Å². The van der Waals surface area contributed by atoms with E-state index >= 15 is 0 Å². The number of carbonyl (C=O) groups excluding carboxylic acids is 1. The van der Waals surface area contributed by atoms with Gasteiger partial charge < -0.3 is 10.6 Å². The lowest BCUT2D eigenvalue weighted by molar-refractivity contribution is 0.102. The highest BCUT2D eigenvalue weighted by atomic mass is 79.9. The lowest BCUT2D eigenvalue weighted by Crippen LogP contribution is -2.16. The number of aromatic nitrogens is 1. The first-order valence-electron chi connectivity index (χ1n) is 6.49. The Labute approximate surface area is 137 Å². The SMILES string of the molecule is CCc1cc(Br)ccc1NC(=O)c1nc(NC)ccc1Cl. The summed E-state index contributed by atoms with van der Waals surface area (Å²) in [4.78, 5) is 16.6. The van der Waals surface area contributed by atoms with Gasteiger partial charge in [0, 0.05) is 17.2 Å². The molecule has 4 nitrogen and oxygen atoms in total. The van der Waals surface area contributed by atoms with Gasteiger partial charge in [0.2, 0.25) is 0 Å². The Balaban J connectivity index is 2.30. The van der Waals surface area contributed by atoms with E-state index in [4.69, 9.17) is 11.6 Å². The van der Waals surface area contributed by atoms with Crippen LogP contribution in [0.5, 0.6) is 0 Å². The van der Waals surface area contributed by atoms with Crippen molar-refractivity contribution in [2.45, 2.75) is 13.3 Å². The third kappa shape index (κ3) is 3.74. The van der Waals surface area contributed by atoms with Crippen molar-refractivity contribution < 1.29 is 4.79 Å². The van der Waals surface area contributed by atoms with Crippen LogP contribution in [-0.4, -0.2) is 17.9 Å². The van der Waals surface area contributed by atoms with Crippen molar-refractivity contribution in [2.75, 3.05) is 17.7 Å². The molecule has 1 heterocycles. The molecule has 110 valence electrons. The highest BCUT2D eigenvalue weighted by Gasteiger charge is 2.14. The molecule has 0 aliphatic carbocycles. The molecule has 2 aromatic rings. The minimum absolute atomic E-state index is 0.202. The molecule has 0 spiro atoms. The van der Waals surface area contributed by atoms with Crippen LogP contribution < -0.4 is 10.6 Å². The van der Waals surface area contributed by atoms with Gasteiger partial charge in [0.05, 0.1) is 5.02 Å². The number of carbonyl (C=O) groups is 1. The number of aryl methyl sites for hydroxylation is 1. The van der Waals surface area contributed by atoms with Crippen molar-refractivity contribution in [3.05, 3.63) is 51.1 Å². The molecule has 0 aliphatic rings. The quantitative estimate of drug-likeness (QED) is 0.843. The van der Waals surface area contributed by atoms with E-state index in [9.17, 15) is 4.79 Å². The van der Waals surface area contributed by atoms with Crippen LogP contribution in [0.15, 0.2) is 34.8 Å². The maximum absolute atomic E-state index is 12.4. The third-order valence-electron chi connectivity index (χ3n) is 3.01. The molecule has 6 heteroatoms. The Morgan fingerprint density at radius 1 is 1.33 bits per heavy atom. The number of nitrogens with one attached hydrogen (secondary N) is 2. The fourth-order valence-electron chi connectivity index (χ4n) is 1.90. The van der Waals surface area contributed by atoms with Crippen LogP contribution in [-0.2, 0) is 6.42 Å². The number of anilines is 2. The largest absolute Gasteiger partial charge is 0.373 e. The molecule has 0 bridgehead atoms. The summed E-state index contributed by atoms with van der Waals surface area (Å²) < 4.78 is 0.977. The molecule has 0 radical (unpaired) electrons. The molecule has 0 saturated carbocycles. The summed E-state index contributed by atoms with van der Waals surface area (Å²) in [6.07, 6.45) is 0.812. The minimum atomic E-state index is -0.325. The van der Waals surface area contributed by atoms with Crippen molar-refractivity contribution in [2.24, 2.45) is 0 Å². The minimum Gasteiger partial charge on any atom is -0.373 e. The Morgan fingerprint density at radius 2 is 2.10 bits per heavy atom. The fourth-order valence-corrected chi connectivity index (χ4v) is 2.50. The maximum Gasteiger partial charge on any atom is 0.275 e. The van der Waals surface area contributed by atoms with Crippen LogP contribution in [0.3, 0.4) is 0 Å². The van der Waals surface area contributed by atoms with Crippen LogP contribution in [0.25, 0.3) is 0 Å². The molecule has 1 aromatic carbocycles. The molecule has 2 N–H and O–H groups in total. The van der Waals surface area contributed by atoms with Gasteiger partial charge in [-0.3, -0.25) is 4.79 Å². The summed E-state index contributed by atoms with van der Waals surface area (Å²) in [6, 6.07) is 9.09. The maximum atomic E-state index is 12.4. The first kappa shape index (κ1) is 15.8. The Kier molecular flexibility index (Phi) is 5.20. The summed E-state index contributed by atoms with van der Waals surface area (Å²) in [5, 5.41) is 6.07. The zero-order valence-electron chi connectivity index (χ0n) is 11.7. The predicted octanol–water partition coefficient (Wildman–Crippen LogP) is 4.35. The summed E-state index contributed by atoms with van der Waals surface area (Å²) in [5.41, 5.74) is 2.01. The van der Waals surface area contributed by atoms with Crippen LogP contribution in [0.2, 0.25) is 5.02 Å². The lowest BCUT2D eigenvalue weighted by atomic mass is 10.1. The van der Waals surface area contributed by atoms with E-state index in [1.54, 1.807) is 19.2 Å². The second-order valence-electron chi connectivity index (χ2n) is 4.39. The highest BCUT2D eigenvalue weighted by molar-refractivity contribution is 9.10. The average Bonchev–Trinajstić information content (AvgIpc) is 2.49. The van der Waals surface area contributed by atoms with Crippen molar-refractivity contribution in [3.63, 3.8) is 0 Å². The predicted molar refractivity (Wildman–Crippen MR) is 90.3 cm³/mol. The zero-order valence-corrected chi connectivity index (χ0v) is 14.0. The molecule has 1 aromatic heterocycles. The van der Waals surface area contributed by atoms with E-state index in [1.165, 1.54) is 0 Å². The van der Waals surface area contributed by atoms with E-state index in [0.717, 1.165) is 22.1 Å². The van der Waals surface area contributed by atoms with Gasteiger partial charge in [-0.05, 0) is 42.3 Å². The number of hydrogen-bond donors (Lipinski definition) is 2. The summed E-state index contributed by atoms with van der Waals surface area (Å²) in [7, 11) is 1.74. The van der Waals surface area contributed by atoms with Gasteiger partial charge in [0.15, 0.2) is 0 Å². The van der Waals surface area contributed by atoms with E-state index < -0.39 is 0 Å². The molecule has 0 fully saturated rings. The van der Waals surface area contributed by atoms with Crippen LogP contribution in [0.1, 0.15) is 23.0 Å². The van der Waals surface area contributed by atoms with Gasteiger partial charge in [-0.25, -0.2) is 4.98 Å². The number of benzene rings is 1. The second-order valence-corrected chi connectivity index (χ2v) is 5.71. The van der Waals surface area contributed by atoms with Crippen LogP contribution >= 0.6 is 27.5 Å². The fraction of sp³-hybridized carbons (Fsp3) is 0.200. The summed E-state index contributed by atoms with van der Waals surface area (Å²) >= 11 is 9.48. The number of hydrogen-bond acceptors (Lipinski definition) is 3. The van der Waals surface area contributed by atoms with E-state index in [1.807, 2.05) is 25.1 Å².